The van der Waals surface area contributed by atoms with Gasteiger partial charge in [-0.25, -0.2) is 4.98 Å². The van der Waals surface area contributed by atoms with Gasteiger partial charge in [0.25, 0.3) is 0 Å². The molecule has 2 rings (SSSR count). The summed E-state index contributed by atoms with van der Waals surface area (Å²) >= 11 is 0. The third kappa shape index (κ3) is 5.08. The van der Waals surface area contributed by atoms with Crippen LogP contribution in [-0.4, -0.2) is 24.4 Å². The molecule has 0 atom stereocenters. The second-order valence-corrected chi connectivity index (χ2v) is 5.85. The molecule has 0 aliphatic rings. The number of nitrogens with zero attached hydrogens (tertiary/aromatic N) is 1. The van der Waals surface area contributed by atoms with Crippen molar-refractivity contribution < 1.29 is 4.74 Å². The summed E-state index contributed by atoms with van der Waals surface area (Å²) in [4.78, 5) is 4.42. The maximum Gasteiger partial charge on any atom is 0.135 e. The minimum atomic E-state index is 0.454. The van der Waals surface area contributed by atoms with Crippen molar-refractivity contribution in [2.75, 3.05) is 19.0 Å². The predicted molar refractivity (Wildman–Crippen MR) is 100 cm³/mol. The summed E-state index contributed by atoms with van der Waals surface area (Å²) in [7, 11) is 1.64. The highest BCUT2D eigenvalue weighted by atomic mass is 16.5. The van der Waals surface area contributed by atoms with Gasteiger partial charge in [-0.05, 0) is 30.7 Å². The molecule has 2 aromatic rings. The average molecular weight is 325 g/mol. The summed E-state index contributed by atoms with van der Waals surface area (Å²) in [6.07, 6.45) is 7.97. The lowest BCUT2D eigenvalue weighted by Crippen LogP contribution is -2.10. The molecule has 24 heavy (non-hydrogen) atoms. The molecule has 0 amide bonds. The molecule has 1 aromatic heterocycles. The SMILES string of the molecule is CCCCCCCNc1ncccc1C(=N)c1cccc(OC)c1. The molecule has 1 aromatic carbocycles. The fraction of sp³-hybridized carbons (Fsp3) is 0.400. The molecule has 4 heteroatoms. The van der Waals surface area contributed by atoms with Gasteiger partial charge >= 0.3 is 0 Å². The first-order valence-electron chi connectivity index (χ1n) is 8.68. The fourth-order valence-corrected chi connectivity index (χ4v) is 2.62. The maximum absolute atomic E-state index is 8.52. The van der Waals surface area contributed by atoms with E-state index in [1.807, 2.05) is 36.4 Å². The van der Waals surface area contributed by atoms with Crippen LogP contribution in [-0.2, 0) is 0 Å². The Bertz CT molecular complexity index is 655. The third-order valence-corrected chi connectivity index (χ3v) is 4.01. The normalized spacial score (nSPS) is 10.4. The zero-order valence-electron chi connectivity index (χ0n) is 14.6. The topological polar surface area (TPSA) is 58.0 Å². The van der Waals surface area contributed by atoms with E-state index >= 15 is 0 Å². The van der Waals surface area contributed by atoms with Crippen molar-refractivity contribution in [1.82, 2.24) is 4.98 Å². The Kier molecular flexibility index (Phi) is 7.27. The second-order valence-electron chi connectivity index (χ2n) is 5.85. The monoisotopic (exact) mass is 325 g/mol. The largest absolute Gasteiger partial charge is 0.497 e. The van der Waals surface area contributed by atoms with Crippen LogP contribution in [0.15, 0.2) is 42.6 Å². The molecular weight excluding hydrogens is 298 g/mol. The van der Waals surface area contributed by atoms with E-state index in [9.17, 15) is 0 Å². The first kappa shape index (κ1) is 18.0. The van der Waals surface area contributed by atoms with E-state index < -0.39 is 0 Å². The average Bonchev–Trinajstić information content (AvgIpc) is 2.64. The standard InChI is InChI=1S/C20H27N3O/c1-3-4-5-6-7-13-22-20-18(12-9-14-23-20)19(21)16-10-8-11-17(15-16)24-2/h8-12,14-15,21H,3-7,13H2,1-2H3,(H,22,23). The van der Waals surface area contributed by atoms with Crippen LogP contribution in [0.4, 0.5) is 5.82 Å². The first-order valence-corrected chi connectivity index (χ1v) is 8.68. The Morgan fingerprint density at radius 3 is 2.75 bits per heavy atom. The van der Waals surface area contributed by atoms with Crippen molar-refractivity contribution in [3.05, 3.63) is 53.7 Å². The molecule has 128 valence electrons. The summed E-state index contributed by atoms with van der Waals surface area (Å²) in [6.45, 7) is 3.11. The molecule has 2 N–H and O–H groups in total. The smallest absolute Gasteiger partial charge is 0.135 e. The lowest BCUT2D eigenvalue weighted by atomic mass is 10.0. The molecule has 0 saturated carbocycles. The number of methoxy groups -OCH3 is 1. The molecular formula is C20H27N3O. The van der Waals surface area contributed by atoms with Crippen molar-refractivity contribution >= 4 is 11.5 Å². The minimum Gasteiger partial charge on any atom is -0.497 e. The van der Waals surface area contributed by atoms with E-state index in [0.29, 0.717) is 5.71 Å². The number of aromatic nitrogens is 1. The molecule has 1 heterocycles. The van der Waals surface area contributed by atoms with Crippen molar-refractivity contribution in [2.45, 2.75) is 39.0 Å². The Balaban J connectivity index is 2.03. The van der Waals surface area contributed by atoms with Crippen molar-refractivity contribution in [3.63, 3.8) is 0 Å². The van der Waals surface area contributed by atoms with Gasteiger partial charge in [-0.3, -0.25) is 5.41 Å². The molecule has 0 unspecified atom stereocenters. The lowest BCUT2D eigenvalue weighted by Gasteiger charge is -2.12. The van der Waals surface area contributed by atoms with E-state index in [1.165, 1.54) is 25.7 Å². The highest BCUT2D eigenvalue weighted by molar-refractivity contribution is 6.13. The van der Waals surface area contributed by atoms with E-state index in [2.05, 4.69) is 17.2 Å². The van der Waals surface area contributed by atoms with Gasteiger partial charge in [-0.15, -0.1) is 0 Å². The van der Waals surface area contributed by atoms with Gasteiger partial charge in [0.1, 0.15) is 11.6 Å². The van der Waals surface area contributed by atoms with Gasteiger partial charge in [0.2, 0.25) is 0 Å². The molecule has 0 aliphatic heterocycles. The van der Waals surface area contributed by atoms with Crippen molar-refractivity contribution in [3.8, 4) is 5.75 Å². The molecule has 0 radical (unpaired) electrons. The van der Waals surface area contributed by atoms with Gasteiger partial charge in [-0.1, -0.05) is 44.7 Å². The van der Waals surface area contributed by atoms with Crippen LogP contribution in [0.3, 0.4) is 0 Å². The zero-order chi connectivity index (χ0) is 17.2. The molecule has 0 fully saturated rings. The molecule has 0 spiro atoms. The maximum atomic E-state index is 8.52. The van der Waals surface area contributed by atoms with E-state index in [1.54, 1.807) is 13.3 Å². The van der Waals surface area contributed by atoms with Gasteiger partial charge < -0.3 is 10.1 Å². The number of pyridine rings is 1. The Hall–Kier alpha value is -2.36. The van der Waals surface area contributed by atoms with E-state index in [4.69, 9.17) is 10.1 Å². The van der Waals surface area contributed by atoms with E-state index in [0.717, 1.165) is 35.7 Å². The van der Waals surface area contributed by atoms with Gasteiger partial charge in [0.15, 0.2) is 0 Å². The summed E-state index contributed by atoms with van der Waals surface area (Å²) < 4.78 is 5.25. The van der Waals surface area contributed by atoms with Crippen LogP contribution in [0, 0.1) is 5.41 Å². The molecule has 0 aliphatic carbocycles. The van der Waals surface area contributed by atoms with E-state index in [-0.39, 0.29) is 0 Å². The number of anilines is 1. The van der Waals surface area contributed by atoms with Gasteiger partial charge in [-0.2, -0.15) is 0 Å². The number of nitrogens with one attached hydrogen (secondary N) is 2. The molecule has 0 bridgehead atoms. The summed E-state index contributed by atoms with van der Waals surface area (Å²) in [5.74, 6) is 1.53. The highest BCUT2D eigenvalue weighted by Gasteiger charge is 2.11. The minimum absolute atomic E-state index is 0.454. The quantitative estimate of drug-likeness (QED) is 0.483. The van der Waals surface area contributed by atoms with Crippen LogP contribution in [0.5, 0.6) is 5.75 Å². The highest BCUT2D eigenvalue weighted by Crippen LogP contribution is 2.20. The Morgan fingerprint density at radius 1 is 1.12 bits per heavy atom. The summed E-state index contributed by atoms with van der Waals surface area (Å²) in [5.41, 5.74) is 2.10. The number of ether oxygens (including phenoxy) is 1. The first-order chi connectivity index (χ1) is 11.8. The number of rotatable bonds is 10. The van der Waals surface area contributed by atoms with Crippen molar-refractivity contribution in [2.24, 2.45) is 0 Å². The number of benzene rings is 1. The third-order valence-electron chi connectivity index (χ3n) is 4.01. The second kappa shape index (κ2) is 9.71. The number of hydrogen-bond donors (Lipinski definition) is 2. The van der Waals surface area contributed by atoms with Crippen LogP contribution < -0.4 is 10.1 Å². The van der Waals surface area contributed by atoms with Crippen molar-refractivity contribution in [1.29, 1.82) is 5.41 Å². The molecule has 0 saturated heterocycles. The number of unbranched alkanes of at least 4 members (excludes halogenated alkanes) is 4. The Labute approximate surface area is 144 Å². The number of hydrogen-bond acceptors (Lipinski definition) is 4. The van der Waals surface area contributed by atoms with Gasteiger partial charge in [0, 0.05) is 23.9 Å². The van der Waals surface area contributed by atoms with Crippen LogP contribution >= 0.6 is 0 Å². The summed E-state index contributed by atoms with van der Waals surface area (Å²) in [5, 5.41) is 11.9. The Morgan fingerprint density at radius 2 is 1.96 bits per heavy atom. The van der Waals surface area contributed by atoms with Crippen LogP contribution in [0.2, 0.25) is 0 Å². The van der Waals surface area contributed by atoms with Crippen LogP contribution in [0.25, 0.3) is 0 Å². The van der Waals surface area contributed by atoms with Crippen LogP contribution in [0.1, 0.15) is 50.2 Å². The zero-order valence-corrected chi connectivity index (χ0v) is 14.6. The molecule has 4 nitrogen and oxygen atoms in total. The summed E-state index contributed by atoms with van der Waals surface area (Å²) in [6, 6.07) is 11.4. The lowest BCUT2D eigenvalue weighted by molar-refractivity contribution is 0.414. The fourth-order valence-electron chi connectivity index (χ4n) is 2.62. The van der Waals surface area contributed by atoms with Gasteiger partial charge in [0.05, 0.1) is 12.8 Å². The predicted octanol–water partition coefficient (Wildman–Crippen LogP) is 4.89.